The summed E-state index contributed by atoms with van der Waals surface area (Å²) >= 11 is 0. The van der Waals surface area contributed by atoms with Crippen molar-refractivity contribution < 1.29 is 14.4 Å². The molecule has 0 aromatic carbocycles. The Morgan fingerprint density at radius 1 is 1.56 bits per heavy atom. The summed E-state index contributed by atoms with van der Waals surface area (Å²) in [7, 11) is 0. The van der Waals surface area contributed by atoms with Gasteiger partial charge in [-0.1, -0.05) is 5.16 Å². The molecule has 2 rings (SSSR count). The van der Waals surface area contributed by atoms with Crippen molar-refractivity contribution in [2.45, 2.75) is 45.6 Å². The van der Waals surface area contributed by atoms with E-state index in [4.69, 9.17) is 4.52 Å². The molecule has 0 aliphatic carbocycles. The highest BCUT2D eigenvalue weighted by Crippen LogP contribution is 2.20. The summed E-state index contributed by atoms with van der Waals surface area (Å²) in [5.74, 6) is 0.909. The molecule has 5 nitrogen and oxygen atoms in total. The Bertz CT molecular complexity index is 408. The highest BCUT2D eigenvalue weighted by atomic mass is 16.5. The molecule has 0 radical (unpaired) electrons. The molecule has 5 heteroatoms. The minimum atomic E-state index is 0.0159. The van der Waals surface area contributed by atoms with Crippen molar-refractivity contribution in [1.82, 2.24) is 10.1 Å². The van der Waals surface area contributed by atoms with Crippen LogP contribution in [0.15, 0.2) is 4.52 Å². The monoisotopic (exact) mass is 252 g/mol. The van der Waals surface area contributed by atoms with Crippen LogP contribution in [0.4, 0.5) is 0 Å². The van der Waals surface area contributed by atoms with Gasteiger partial charge in [0.05, 0.1) is 18.3 Å². The normalized spacial score (nSPS) is 19.5. The third-order valence-electron chi connectivity index (χ3n) is 3.68. The third-order valence-corrected chi connectivity index (χ3v) is 3.68. The smallest absolute Gasteiger partial charge is 0.223 e. The fourth-order valence-corrected chi connectivity index (χ4v) is 2.59. The summed E-state index contributed by atoms with van der Waals surface area (Å²) in [5, 5.41) is 13.1. The number of likely N-dealkylation sites (tertiary alicyclic amines) is 1. The van der Waals surface area contributed by atoms with Gasteiger partial charge in [-0.25, -0.2) is 0 Å². The largest absolute Gasteiger partial charge is 0.394 e. The van der Waals surface area contributed by atoms with Crippen molar-refractivity contribution in [2.24, 2.45) is 0 Å². The lowest BCUT2D eigenvalue weighted by atomic mass is 10.1. The van der Waals surface area contributed by atoms with E-state index in [1.54, 1.807) is 4.90 Å². The van der Waals surface area contributed by atoms with Gasteiger partial charge in [0.1, 0.15) is 5.76 Å². The van der Waals surface area contributed by atoms with Gasteiger partial charge in [-0.2, -0.15) is 0 Å². The molecule has 1 aliphatic heterocycles. The molecule has 100 valence electrons. The lowest BCUT2D eigenvalue weighted by molar-refractivity contribution is -0.132. The van der Waals surface area contributed by atoms with E-state index >= 15 is 0 Å². The molecular weight excluding hydrogens is 232 g/mol. The number of carbonyl (C=O) groups excluding carboxylic acids is 1. The Morgan fingerprint density at radius 3 is 2.94 bits per heavy atom. The Balaban J connectivity index is 1.92. The quantitative estimate of drug-likeness (QED) is 0.874. The molecule has 0 bridgehead atoms. The summed E-state index contributed by atoms with van der Waals surface area (Å²) in [6.45, 7) is 4.59. The summed E-state index contributed by atoms with van der Waals surface area (Å²) in [6, 6.07) is 0.0159. The minimum Gasteiger partial charge on any atom is -0.394 e. The highest BCUT2D eigenvalue weighted by Gasteiger charge is 2.27. The predicted octanol–water partition coefficient (Wildman–Crippen LogP) is 1.21. The van der Waals surface area contributed by atoms with Gasteiger partial charge in [-0.3, -0.25) is 4.79 Å². The van der Waals surface area contributed by atoms with Crippen molar-refractivity contribution >= 4 is 5.91 Å². The Morgan fingerprint density at radius 2 is 2.33 bits per heavy atom. The Hall–Kier alpha value is -1.36. The van der Waals surface area contributed by atoms with Gasteiger partial charge < -0.3 is 14.5 Å². The average Bonchev–Trinajstić information content (AvgIpc) is 2.94. The number of aliphatic hydroxyl groups is 1. The number of carbonyl (C=O) groups is 1. The van der Waals surface area contributed by atoms with Gasteiger partial charge >= 0.3 is 0 Å². The maximum atomic E-state index is 12.1. The van der Waals surface area contributed by atoms with E-state index in [-0.39, 0.29) is 18.6 Å². The number of nitrogens with zero attached hydrogens (tertiary/aromatic N) is 2. The molecule has 0 saturated carbocycles. The number of hydrogen-bond acceptors (Lipinski definition) is 4. The van der Waals surface area contributed by atoms with E-state index in [0.29, 0.717) is 12.8 Å². The van der Waals surface area contributed by atoms with Crippen LogP contribution in [0.25, 0.3) is 0 Å². The SMILES string of the molecule is Cc1noc(C)c1CCC(=O)N1CCCC1CO. The van der Waals surface area contributed by atoms with Crippen LogP contribution in [0.5, 0.6) is 0 Å². The number of aryl methyl sites for hydroxylation is 2. The topological polar surface area (TPSA) is 66.6 Å². The lowest BCUT2D eigenvalue weighted by Crippen LogP contribution is -2.37. The molecule has 0 spiro atoms. The zero-order valence-corrected chi connectivity index (χ0v) is 11.0. The van der Waals surface area contributed by atoms with Crippen molar-refractivity contribution in [3.05, 3.63) is 17.0 Å². The first-order valence-corrected chi connectivity index (χ1v) is 6.45. The van der Waals surface area contributed by atoms with E-state index in [2.05, 4.69) is 5.16 Å². The van der Waals surface area contributed by atoms with Crippen LogP contribution in [0.3, 0.4) is 0 Å². The second kappa shape index (κ2) is 5.52. The molecule has 1 saturated heterocycles. The van der Waals surface area contributed by atoms with Crippen LogP contribution in [0, 0.1) is 13.8 Å². The number of aliphatic hydroxyl groups excluding tert-OH is 1. The molecular formula is C13H20N2O3. The zero-order chi connectivity index (χ0) is 13.1. The number of amides is 1. The zero-order valence-electron chi connectivity index (χ0n) is 11.0. The Kier molecular flexibility index (Phi) is 4.01. The molecule has 2 heterocycles. The maximum absolute atomic E-state index is 12.1. The van der Waals surface area contributed by atoms with Gasteiger partial charge in [0.25, 0.3) is 0 Å². The first-order chi connectivity index (χ1) is 8.63. The van der Waals surface area contributed by atoms with E-state index in [0.717, 1.165) is 36.4 Å². The minimum absolute atomic E-state index is 0.0159. The highest BCUT2D eigenvalue weighted by molar-refractivity contribution is 5.77. The second-order valence-electron chi connectivity index (χ2n) is 4.87. The van der Waals surface area contributed by atoms with Crippen LogP contribution in [0.1, 0.15) is 36.3 Å². The van der Waals surface area contributed by atoms with Gasteiger partial charge in [0.15, 0.2) is 0 Å². The van der Waals surface area contributed by atoms with Gasteiger partial charge in [0.2, 0.25) is 5.91 Å². The van der Waals surface area contributed by atoms with Crippen LogP contribution >= 0.6 is 0 Å². The first-order valence-electron chi connectivity index (χ1n) is 6.45. The number of hydrogen-bond donors (Lipinski definition) is 1. The Labute approximate surface area is 107 Å². The summed E-state index contributed by atoms with van der Waals surface area (Å²) in [6.07, 6.45) is 3.02. The summed E-state index contributed by atoms with van der Waals surface area (Å²) in [4.78, 5) is 13.9. The number of aromatic nitrogens is 1. The van der Waals surface area contributed by atoms with Crippen molar-refractivity contribution in [3.63, 3.8) is 0 Å². The van der Waals surface area contributed by atoms with Crippen molar-refractivity contribution in [3.8, 4) is 0 Å². The van der Waals surface area contributed by atoms with E-state index < -0.39 is 0 Å². The molecule has 1 N–H and O–H groups in total. The third kappa shape index (κ3) is 2.56. The molecule has 1 aliphatic rings. The van der Waals surface area contributed by atoms with Crippen LogP contribution in [-0.2, 0) is 11.2 Å². The molecule has 1 aromatic rings. The van der Waals surface area contributed by atoms with E-state index in [1.807, 2.05) is 13.8 Å². The van der Waals surface area contributed by atoms with E-state index in [9.17, 15) is 9.90 Å². The fraction of sp³-hybridized carbons (Fsp3) is 0.692. The van der Waals surface area contributed by atoms with E-state index in [1.165, 1.54) is 0 Å². The molecule has 1 amide bonds. The standard InChI is InChI=1S/C13H20N2O3/c1-9-12(10(2)18-14-9)5-6-13(17)15-7-3-4-11(15)8-16/h11,16H,3-8H2,1-2H3. The summed E-state index contributed by atoms with van der Waals surface area (Å²) < 4.78 is 5.08. The van der Waals surface area contributed by atoms with Crippen LogP contribution in [-0.4, -0.2) is 40.3 Å². The molecule has 1 atom stereocenters. The lowest BCUT2D eigenvalue weighted by Gasteiger charge is -2.22. The molecule has 1 unspecified atom stereocenters. The van der Waals surface area contributed by atoms with Crippen molar-refractivity contribution in [1.29, 1.82) is 0 Å². The molecule has 1 aromatic heterocycles. The maximum Gasteiger partial charge on any atom is 0.223 e. The van der Waals surface area contributed by atoms with Gasteiger partial charge in [-0.15, -0.1) is 0 Å². The van der Waals surface area contributed by atoms with Gasteiger partial charge in [0, 0.05) is 18.5 Å². The first kappa shape index (κ1) is 13.1. The number of rotatable bonds is 4. The predicted molar refractivity (Wildman–Crippen MR) is 66.1 cm³/mol. The second-order valence-corrected chi connectivity index (χ2v) is 4.87. The van der Waals surface area contributed by atoms with Gasteiger partial charge in [-0.05, 0) is 33.1 Å². The van der Waals surface area contributed by atoms with Crippen molar-refractivity contribution in [2.75, 3.05) is 13.2 Å². The van der Waals surface area contributed by atoms with Crippen LogP contribution < -0.4 is 0 Å². The molecule has 18 heavy (non-hydrogen) atoms. The fourth-order valence-electron chi connectivity index (χ4n) is 2.59. The average molecular weight is 252 g/mol. The van der Waals surface area contributed by atoms with Crippen LogP contribution in [0.2, 0.25) is 0 Å². The summed E-state index contributed by atoms with van der Waals surface area (Å²) in [5.41, 5.74) is 1.89. The molecule has 1 fully saturated rings.